The third kappa shape index (κ3) is 2.99. The summed E-state index contributed by atoms with van der Waals surface area (Å²) < 4.78 is 9.27. The molecule has 3 aliphatic rings. The summed E-state index contributed by atoms with van der Waals surface area (Å²) in [7, 11) is 0. The molecule has 2 aromatic rings. The van der Waals surface area contributed by atoms with Crippen molar-refractivity contribution in [2.45, 2.75) is 64.4 Å². The largest absolute Gasteiger partial charge is 0.373 e. The lowest BCUT2D eigenvalue weighted by molar-refractivity contribution is 0.0799. The monoisotopic (exact) mass is 355 g/mol. The Bertz CT molecular complexity index is 848. The summed E-state index contributed by atoms with van der Waals surface area (Å²) in [6, 6.07) is 4.32. The summed E-state index contributed by atoms with van der Waals surface area (Å²) in [5.74, 6) is 0. The second-order valence-corrected chi connectivity index (χ2v) is 7.66. The Kier molecular flexibility index (Phi) is 4.13. The smallest absolute Gasteiger partial charge is 0.267 e. The molecule has 5 rings (SSSR count). The summed E-state index contributed by atoms with van der Waals surface area (Å²) in [6.45, 7) is 4.82. The molecule has 1 atom stereocenters. The van der Waals surface area contributed by atoms with Crippen molar-refractivity contribution in [3.63, 3.8) is 0 Å². The first-order valence-corrected chi connectivity index (χ1v) is 9.73. The van der Waals surface area contributed by atoms with E-state index in [1.807, 2.05) is 0 Å². The van der Waals surface area contributed by atoms with Gasteiger partial charge in [-0.3, -0.25) is 14.4 Å². The van der Waals surface area contributed by atoms with E-state index < -0.39 is 0 Å². The molecule has 138 valence electrons. The fourth-order valence-corrected chi connectivity index (χ4v) is 4.52. The van der Waals surface area contributed by atoms with Crippen LogP contribution in [-0.2, 0) is 43.8 Å². The number of aromatic nitrogens is 4. The van der Waals surface area contributed by atoms with Crippen LogP contribution in [0, 0.1) is 0 Å². The molecule has 0 saturated carbocycles. The molecule has 0 radical (unpaired) electrons. The first kappa shape index (κ1) is 16.2. The Morgan fingerprint density at radius 3 is 3.04 bits per heavy atom. The predicted molar refractivity (Wildman–Crippen MR) is 95.8 cm³/mol. The van der Waals surface area contributed by atoms with Crippen molar-refractivity contribution in [2.24, 2.45) is 0 Å². The van der Waals surface area contributed by atoms with E-state index in [2.05, 4.69) is 20.7 Å². The molecule has 2 aromatic heterocycles. The molecule has 7 heteroatoms. The minimum Gasteiger partial charge on any atom is -0.373 e. The van der Waals surface area contributed by atoms with Crippen molar-refractivity contribution in [1.82, 2.24) is 24.5 Å². The minimum absolute atomic E-state index is 0.0482. The summed E-state index contributed by atoms with van der Waals surface area (Å²) >= 11 is 0. The van der Waals surface area contributed by atoms with Crippen LogP contribution < -0.4 is 5.56 Å². The van der Waals surface area contributed by atoms with Crippen molar-refractivity contribution < 1.29 is 4.74 Å². The molecule has 0 aromatic carbocycles. The van der Waals surface area contributed by atoms with Gasteiger partial charge >= 0.3 is 0 Å². The van der Waals surface area contributed by atoms with Crippen molar-refractivity contribution in [3.8, 4) is 0 Å². The topological polar surface area (TPSA) is 65.2 Å². The zero-order valence-corrected chi connectivity index (χ0v) is 15.1. The maximum Gasteiger partial charge on any atom is 0.267 e. The molecular weight excluding hydrogens is 330 g/mol. The van der Waals surface area contributed by atoms with E-state index >= 15 is 0 Å². The molecule has 2 aliphatic heterocycles. The number of hydrogen-bond donors (Lipinski definition) is 0. The summed E-state index contributed by atoms with van der Waals surface area (Å²) in [5.41, 5.74) is 4.59. The first-order chi connectivity index (χ1) is 12.8. The van der Waals surface area contributed by atoms with Gasteiger partial charge in [-0.25, -0.2) is 4.68 Å². The lowest BCUT2D eigenvalue weighted by Gasteiger charge is -2.24. The summed E-state index contributed by atoms with van der Waals surface area (Å²) in [6.07, 6.45) is 5.41. The molecule has 0 bridgehead atoms. The third-order valence-electron chi connectivity index (χ3n) is 5.88. The molecule has 26 heavy (non-hydrogen) atoms. The van der Waals surface area contributed by atoms with E-state index in [0.717, 1.165) is 68.9 Å². The van der Waals surface area contributed by atoms with Gasteiger partial charge in [-0.2, -0.15) is 10.2 Å². The summed E-state index contributed by atoms with van der Waals surface area (Å²) in [4.78, 5) is 14.9. The fraction of sp³-hybridized carbons (Fsp3) is 0.632. The van der Waals surface area contributed by atoms with Crippen LogP contribution >= 0.6 is 0 Å². The molecule has 7 nitrogen and oxygen atoms in total. The van der Waals surface area contributed by atoms with Gasteiger partial charge < -0.3 is 4.74 Å². The number of rotatable bonds is 4. The number of ether oxygens (including phenoxy) is 1. The third-order valence-corrected chi connectivity index (χ3v) is 5.88. The number of nitrogens with zero attached hydrogens (tertiary/aromatic N) is 5. The normalized spacial score (nSPS) is 22.5. The standard InChI is InChI=1S/C19H25N5O2/c25-19-9-14-3-1-5-18(14)21-24(19)12-16-4-2-6-22(16)11-15-10-17-13-26-8-7-23(17)20-15/h9-10,16H,1-8,11-13H2. The van der Waals surface area contributed by atoms with Gasteiger partial charge in [-0.05, 0) is 50.3 Å². The van der Waals surface area contributed by atoms with Crippen LogP contribution in [0.3, 0.4) is 0 Å². The van der Waals surface area contributed by atoms with Gasteiger partial charge in [0.2, 0.25) is 0 Å². The number of aryl methyl sites for hydroxylation is 2. The molecule has 4 heterocycles. The summed E-state index contributed by atoms with van der Waals surface area (Å²) in [5, 5.41) is 9.38. The number of hydrogen-bond acceptors (Lipinski definition) is 5. The van der Waals surface area contributed by atoms with Crippen molar-refractivity contribution in [3.05, 3.63) is 45.1 Å². The Hall–Kier alpha value is -1.99. The highest BCUT2D eigenvalue weighted by molar-refractivity contribution is 5.22. The van der Waals surface area contributed by atoms with Crippen LogP contribution in [0.15, 0.2) is 16.9 Å². The number of fused-ring (bicyclic) bond motifs is 2. The molecule has 1 unspecified atom stereocenters. The average Bonchev–Trinajstić information content (AvgIpc) is 3.35. The highest BCUT2D eigenvalue weighted by Gasteiger charge is 2.27. The first-order valence-electron chi connectivity index (χ1n) is 9.73. The Labute approximate surface area is 152 Å². The van der Waals surface area contributed by atoms with Crippen LogP contribution in [0.1, 0.15) is 41.9 Å². The lowest BCUT2D eigenvalue weighted by Crippen LogP contribution is -2.37. The van der Waals surface area contributed by atoms with Crippen LogP contribution in [-0.4, -0.2) is 43.7 Å². The van der Waals surface area contributed by atoms with Crippen LogP contribution in [0.2, 0.25) is 0 Å². The second kappa shape index (κ2) is 6.63. The maximum atomic E-state index is 12.4. The van der Waals surface area contributed by atoms with Crippen LogP contribution in [0.4, 0.5) is 0 Å². The number of likely N-dealkylation sites (tertiary alicyclic amines) is 1. The van der Waals surface area contributed by atoms with E-state index in [1.165, 1.54) is 12.1 Å². The van der Waals surface area contributed by atoms with Gasteiger partial charge in [0.25, 0.3) is 5.56 Å². The molecule has 0 amide bonds. The van der Waals surface area contributed by atoms with Crippen molar-refractivity contribution in [1.29, 1.82) is 0 Å². The zero-order chi connectivity index (χ0) is 17.5. The Morgan fingerprint density at radius 1 is 1.15 bits per heavy atom. The Morgan fingerprint density at radius 2 is 2.12 bits per heavy atom. The van der Waals surface area contributed by atoms with Crippen LogP contribution in [0.5, 0.6) is 0 Å². The maximum absolute atomic E-state index is 12.4. The van der Waals surface area contributed by atoms with Crippen LogP contribution in [0.25, 0.3) is 0 Å². The zero-order valence-electron chi connectivity index (χ0n) is 15.1. The quantitative estimate of drug-likeness (QED) is 0.822. The molecule has 1 saturated heterocycles. The van der Waals surface area contributed by atoms with Gasteiger partial charge in [0, 0.05) is 18.7 Å². The van der Waals surface area contributed by atoms with Crippen molar-refractivity contribution >= 4 is 0 Å². The van der Waals surface area contributed by atoms with E-state index in [0.29, 0.717) is 19.2 Å². The van der Waals surface area contributed by atoms with E-state index in [9.17, 15) is 4.79 Å². The van der Waals surface area contributed by atoms with E-state index in [4.69, 9.17) is 9.84 Å². The Balaban J connectivity index is 1.32. The predicted octanol–water partition coefficient (Wildman–Crippen LogP) is 1.12. The molecule has 1 aliphatic carbocycles. The van der Waals surface area contributed by atoms with Gasteiger partial charge in [0.05, 0.1) is 43.4 Å². The second-order valence-electron chi connectivity index (χ2n) is 7.66. The highest BCUT2D eigenvalue weighted by atomic mass is 16.5. The van der Waals surface area contributed by atoms with E-state index in [1.54, 1.807) is 10.7 Å². The fourth-order valence-electron chi connectivity index (χ4n) is 4.52. The average molecular weight is 355 g/mol. The van der Waals surface area contributed by atoms with Gasteiger partial charge in [-0.1, -0.05) is 0 Å². The van der Waals surface area contributed by atoms with Gasteiger partial charge in [-0.15, -0.1) is 0 Å². The van der Waals surface area contributed by atoms with Gasteiger partial charge in [0.15, 0.2) is 0 Å². The molecule has 0 spiro atoms. The van der Waals surface area contributed by atoms with Crippen molar-refractivity contribution in [2.75, 3.05) is 13.2 Å². The SMILES string of the molecule is O=c1cc2c(nn1CC1CCCN1Cc1cc3n(n1)CCOC3)CCC2. The molecule has 1 fully saturated rings. The molecular formula is C19H25N5O2. The minimum atomic E-state index is 0.0482. The van der Waals surface area contributed by atoms with Gasteiger partial charge in [0.1, 0.15) is 0 Å². The van der Waals surface area contributed by atoms with E-state index in [-0.39, 0.29) is 5.56 Å². The molecule has 0 N–H and O–H groups in total. The highest BCUT2D eigenvalue weighted by Crippen LogP contribution is 2.23. The lowest BCUT2D eigenvalue weighted by atomic mass is 10.2.